The molecule has 0 saturated carbocycles. The normalized spacial score (nSPS) is 11.4. The Bertz CT molecular complexity index is 335. The summed E-state index contributed by atoms with van der Waals surface area (Å²) in [5, 5.41) is 18.6. The fourth-order valence-corrected chi connectivity index (χ4v) is 3.65. The van der Waals surface area contributed by atoms with Crippen LogP contribution in [-0.4, -0.2) is 72.3 Å². The minimum absolute atomic E-state index is 0.778. The lowest BCUT2D eigenvalue weighted by atomic mass is 10.2. The standard InChI is InChI=1S/2C9H22N.C3H4O4/c2*1-6-10(7-2,8-3)9(4)5;4-2(5)1-3(6)7/h2*9H,6-8H2,1-5H3;1H2,(H,4,5)(H,6,7)/q2*+1;/p-2. The van der Waals surface area contributed by atoms with E-state index < -0.39 is 18.4 Å². The Morgan fingerprint density at radius 1 is 0.593 bits per heavy atom. The third kappa shape index (κ3) is 12.0. The predicted octanol–water partition coefficient (Wildman–Crippen LogP) is 1.42. The molecule has 6 nitrogen and oxygen atoms in total. The molecule has 0 aromatic rings. The molecule has 6 heteroatoms. The van der Waals surface area contributed by atoms with Gasteiger partial charge in [-0.2, -0.15) is 0 Å². The highest BCUT2D eigenvalue weighted by Gasteiger charge is 2.24. The Kier molecular flexibility index (Phi) is 18.0. The summed E-state index contributed by atoms with van der Waals surface area (Å²) in [5.74, 6) is -3.25. The zero-order valence-corrected chi connectivity index (χ0v) is 19.6. The Morgan fingerprint density at radius 2 is 0.778 bits per heavy atom. The molecule has 164 valence electrons. The number of nitrogens with zero attached hydrogens (tertiary/aromatic N) is 2. The number of rotatable bonds is 10. The van der Waals surface area contributed by atoms with Crippen molar-refractivity contribution in [1.29, 1.82) is 0 Å². The molecule has 0 spiro atoms. The molecule has 0 saturated heterocycles. The number of aliphatic carboxylic acids is 2. The van der Waals surface area contributed by atoms with Crippen molar-refractivity contribution in [3.63, 3.8) is 0 Å². The minimum atomic E-state index is -1.63. The van der Waals surface area contributed by atoms with Gasteiger partial charge in [0.1, 0.15) is 0 Å². The van der Waals surface area contributed by atoms with Crippen molar-refractivity contribution in [2.75, 3.05) is 39.3 Å². The molecule has 0 rings (SSSR count). The second-order valence-electron chi connectivity index (χ2n) is 7.44. The molecule has 0 radical (unpaired) electrons. The third-order valence-electron chi connectivity index (χ3n) is 6.26. The summed E-state index contributed by atoms with van der Waals surface area (Å²) in [5.41, 5.74) is 0. The van der Waals surface area contributed by atoms with Gasteiger partial charge in [0.05, 0.1) is 51.4 Å². The van der Waals surface area contributed by atoms with Crippen molar-refractivity contribution in [3.05, 3.63) is 0 Å². The third-order valence-corrected chi connectivity index (χ3v) is 6.26. The monoisotopic (exact) mass is 390 g/mol. The Morgan fingerprint density at radius 3 is 0.778 bits per heavy atom. The lowest BCUT2D eigenvalue weighted by Crippen LogP contribution is -2.52. The summed E-state index contributed by atoms with van der Waals surface area (Å²) in [7, 11) is 0. The van der Waals surface area contributed by atoms with Gasteiger partial charge in [0.15, 0.2) is 0 Å². The first kappa shape index (κ1) is 30.6. The van der Waals surface area contributed by atoms with Gasteiger partial charge in [-0.1, -0.05) is 0 Å². The summed E-state index contributed by atoms with van der Waals surface area (Å²) >= 11 is 0. The quantitative estimate of drug-likeness (QED) is 0.417. The highest BCUT2D eigenvalue weighted by Crippen LogP contribution is 2.12. The Hall–Kier alpha value is -1.14. The van der Waals surface area contributed by atoms with E-state index in [0.717, 1.165) is 12.1 Å². The summed E-state index contributed by atoms with van der Waals surface area (Å²) < 4.78 is 2.53. The van der Waals surface area contributed by atoms with Crippen LogP contribution in [0.2, 0.25) is 0 Å². The van der Waals surface area contributed by atoms with Crippen LogP contribution < -0.4 is 10.2 Å². The summed E-state index contributed by atoms with van der Waals surface area (Å²) in [6, 6.07) is 1.56. The predicted molar refractivity (Wildman–Crippen MR) is 109 cm³/mol. The second-order valence-corrected chi connectivity index (χ2v) is 7.44. The zero-order chi connectivity index (χ0) is 22.3. The van der Waals surface area contributed by atoms with Crippen LogP contribution in [0.5, 0.6) is 0 Å². The van der Waals surface area contributed by atoms with Crippen LogP contribution in [0.25, 0.3) is 0 Å². The average Bonchev–Trinajstić information content (AvgIpc) is 2.58. The van der Waals surface area contributed by atoms with Gasteiger partial charge < -0.3 is 28.8 Å². The Balaban J connectivity index is -0.000000326. The first-order chi connectivity index (χ1) is 12.4. The van der Waals surface area contributed by atoms with Crippen molar-refractivity contribution in [1.82, 2.24) is 0 Å². The average molecular weight is 391 g/mol. The fourth-order valence-electron chi connectivity index (χ4n) is 3.65. The molecule has 0 aromatic heterocycles. The van der Waals surface area contributed by atoms with Crippen LogP contribution in [0.4, 0.5) is 0 Å². The number of quaternary nitrogens is 2. The largest absolute Gasteiger partial charge is 0.550 e. The highest BCUT2D eigenvalue weighted by atomic mass is 16.4. The summed E-state index contributed by atoms with van der Waals surface area (Å²) in [6.07, 6.45) is -1.03. The number of hydrogen-bond donors (Lipinski definition) is 0. The van der Waals surface area contributed by atoms with Gasteiger partial charge in [0.2, 0.25) is 0 Å². The maximum Gasteiger partial charge on any atom is 0.0833 e. The maximum absolute atomic E-state index is 9.28. The van der Waals surface area contributed by atoms with Crippen LogP contribution >= 0.6 is 0 Å². The molecule has 0 bridgehead atoms. The highest BCUT2D eigenvalue weighted by molar-refractivity contribution is 5.86. The molecule has 0 atom stereocenters. The molecule has 0 amide bonds. The van der Waals surface area contributed by atoms with Crippen molar-refractivity contribution >= 4 is 11.9 Å². The van der Waals surface area contributed by atoms with Gasteiger partial charge in [0, 0.05) is 18.4 Å². The molecule has 0 heterocycles. The van der Waals surface area contributed by atoms with Gasteiger partial charge in [-0.15, -0.1) is 0 Å². The molecular weight excluding hydrogens is 344 g/mol. The van der Waals surface area contributed by atoms with E-state index in [1.807, 2.05) is 0 Å². The number of hydrogen-bond acceptors (Lipinski definition) is 4. The zero-order valence-electron chi connectivity index (χ0n) is 19.6. The first-order valence-corrected chi connectivity index (χ1v) is 10.5. The van der Waals surface area contributed by atoms with E-state index in [-0.39, 0.29) is 0 Å². The van der Waals surface area contributed by atoms with E-state index in [0.29, 0.717) is 0 Å². The van der Waals surface area contributed by atoms with Crippen LogP contribution in [0.1, 0.15) is 75.7 Å². The lowest BCUT2D eigenvalue weighted by molar-refractivity contribution is -0.943. The van der Waals surface area contributed by atoms with E-state index in [1.54, 1.807) is 0 Å². The molecule has 0 aliphatic heterocycles. The van der Waals surface area contributed by atoms with Gasteiger partial charge in [-0.3, -0.25) is 0 Å². The van der Waals surface area contributed by atoms with Gasteiger partial charge in [-0.05, 0) is 69.2 Å². The van der Waals surface area contributed by atoms with Crippen molar-refractivity contribution in [2.24, 2.45) is 0 Å². The minimum Gasteiger partial charge on any atom is -0.550 e. The number of carbonyl (C=O) groups excluding carboxylic acids is 2. The first-order valence-electron chi connectivity index (χ1n) is 10.5. The smallest absolute Gasteiger partial charge is 0.0833 e. The van der Waals surface area contributed by atoms with E-state index in [4.69, 9.17) is 0 Å². The van der Waals surface area contributed by atoms with Crippen molar-refractivity contribution in [2.45, 2.75) is 87.7 Å². The van der Waals surface area contributed by atoms with Crippen LogP contribution in [0.15, 0.2) is 0 Å². The SMILES string of the molecule is CC[N+](CC)(CC)C(C)C.CC[N+](CC)(CC)C(C)C.O=C([O-])CC(=O)[O-]. The van der Waals surface area contributed by atoms with E-state index in [9.17, 15) is 19.8 Å². The van der Waals surface area contributed by atoms with Gasteiger partial charge in [0.25, 0.3) is 0 Å². The molecular formula is C21H46N2O4. The lowest BCUT2D eigenvalue weighted by Gasteiger charge is -2.39. The molecule has 0 aliphatic rings. The topological polar surface area (TPSA) is 80.3 Å². The Labute approximate surface area is 168 Å². The summed E-state index contributed by atoms with van der Waals surface area (Å²) in [6.45, 7) is 30.6. The fraction of sp³-hybridized carbons (Fsp3) is 0.905. The van der Waals surface area contributed by atoms with E-state index in [1.165, 1.54) is 48.2 Å². The number of carboxylic acids is 2. The van der Waals surface area contributed by atoms with Crippen LogP contribution in [-0.2, 0) is 9.59 Å². The van der Waals surface area contributed by atoms with E-state index >= 15 is 0 Å². The molecule has 27 heavy (non-hydrogen) atoms. The second kappa shape index (κ2) is 15.9. The molecule has 0 N–H and O–H groups in total. The molecule has 0 unspecified atom stereocenters. The van der Waals surface area contributed by atoms with Crippen LogP contribution in [0, 0.1) is 0 Å². The van der Waals surface area contributed by atoms with Gasteiger partial charge in [-0.25, -0.2) is 0 Å². The maximum atomic E-state index is 9.28. The number of carboxylic acid groups (broad SMARTS) is 2. The summed E-state index contributed by atoms with van der Waals surface area (Å²) in [4.78, 5) is 18.6. The molecule has 0 aromatic carbocycles. The molecule has 0 aliphatic carbocycles. The van der Waals surface area contributed by atoms with Crippen molar-refractivity contribution in [3.8, 4) is 0 Å². The van der Waals surface area contributed by atoms with E-state index in [2.05, 4.69) is 69.2 Å². The number of carbonyl (C=O) groups is 2. The van der Waals surface area contributed by atoms with Crippen LogP contribution in [0.3, 0.4) is 0 Å². The molecule has 0 fully saturated rings. The van der Waals surface area contributed by atoms with Gasteiger partial charge >= 0.3 is 0 Å². The van der Waals surface area contributed by atoms with Crippen molar-refractivity contribution < 1.29 is 28.8 Å².